The summed E-state index contributed by atoms with van der Waals surface area (Å²) in [5.41, 5.74) is 1.40. The maximum Gasteiger partial charge on any atom is 0.339 e. The first-order valence-electron chi connectivity index (χ1n) is 6.61. The molecule has 1 amide bonds. The van der Waals surface area contributed by atoms with Crippen LogP contribution in [0.15, 0.2) is 40.4 Å². The van der Waals surface area contributed by atoms with Crippen molar-refractivity contribution in [3.05, 3.63) is 61.6 Å². The number of amides is 1. The lowest BCUT2D eigenvalue weighted by molar-refractivity contribution is 0.0699. The summed E-state index contributed by atoms with van der Waals surface area (Å²) < 4.78 is 0. The highest BCUT2D eigenvalue weighted by Crippen LogP contribution is 2.38. The van der Waals surface area contributed by atoms with Crippen molar-refractivity contribution in [2.75, 3.05) is 5.32 Å². The second-order valence-electron chi connectivity index (χ2n) is 4.75. The van der Waals surface area contributed by atoms with Crippen LogP contribution in [0.2, 0.25) is 10.0 Å². The van der Waals surface area contributed by atoms with Gasteiger partial charge in [0.25, 0.3) is 5.91 Å². The molecular formula is C16H9Cl2NO3S2. The Morgan fingerprint density at radius 1 is 1.08 bits per heavy atom. The second-order valence-corrected chi connectivity index (χ2v) is 7.23. The van der Waals surface area contributed by atoms with Crippen molar-refractivity contribution in [1.82, 2.24) is 0 Å². The summed E-state index contributed by atoms with van der Waals surface area (Å²) in [5.74, 6) is -1.48. The van der Waals surface area contributed by atoms with Gasteiger partial charge in [-0.15, -0.1) is 11.3 Å². The van der Waals surface area contributed by atoms with Crippen LogP contribution in [0.5, 0.6) is 0 Å². The lowest BCUT2D eigenvalue weighted by Crippen LogP contribution is -2.13. The van der Waals surface area contributed by atoms with Gasteiger partial charge < -0.3 is 10.4 Å². The first-order chi connectivity index (χ1) is 11.5. The smallest absolute Gasteiger partial charge is 0.339 e. The number of benzene rings is 1. The minimum atomic E-state index is -1.13. The van der Waals surface area contributed by atoms with Crippen LogP contribution in [0.4, 0.5) is 5.69 Å². The molecule has 0 aliphatic rings. The fourth-order valence-corrected chi connectivity index (χ4v) is 4.02. The van der Waals surface area contributed by atoms with Crippen LogP contribution in [0, 0.1) is 0 Å². The molecule has 0 saturated carbocycles. The van der Waals surface area contributed by atoms with Crippen LogP contribution < -0.4 is 5.32 Å². The highest BCUT2D eigenvalue weighted by molar-refractivity contribution is 7.14. The lowest BCUT2D eigenvalue weighted by atomic mass is 10.1. The van der Waals surface area contributed by atoms with E-state index >= 15 is 0 Å². The maximum absolute atomic E-state index is 12.2. The Hall–Kier alpha value is -1.86. The fourth-order valence-electron chi connectivity index (χ4n) is 2.10. The van der Waals surface area contributed by atoms with E-state index in [4.69, 9.17) is 23.2 Å². The molecule has 24 heavy (non-hydrogen) atoms. The van der Waals surface area contributed by atoms with E-state index in [-0.39, 0.29) is 17.2 Å². The molecule has 0 bridgehead atoms. The third kappa shape index (κ3) is 3.32. The van der Waals surface area contributed by atoms with Gasteiger partial charge in [-0.05, 0) is 29.1 Å². The van der Waals surface area contributed by atoms with Crippen molar-refractivity contribution in [3.8, 4) is 10.4 Å². The zero-order valence-corrected chi connectivity index (χ0v) is 15.0. The summed E-state index contributed by atoms with van der Waals surface area (Å²) in [4.78, 5) is 24.4. The summed E-state index contributed by atoms with van der Waals surface area (Å²) in [7, 11) is 0. The van der Waals surface area contributed by atoms with E-state index in [2.05, 4.69) is 5.32 Å². The van der Waals surface area contributed by atoms with Crippen molar-refractivity contribution in [2.24, 2.45) is 0 Å². The van der Waals surface area contributed by atoms with E-state index in [1.807, 2.05) is 0 Å². The number of carboxylic acids is 1. The molecule has 4 nitrogen and oxygen atoms in total. The first kappa shape index (κ1) is 17.0. The van der Waals surface area contributed by atoms with E-state index in [1.54, 1.807) is 40.4 Å². The molecule has 1 aromatic carbocycles. The minimum absolute atomic E-state index is 0.0296. The number of thiophene rings is 2. The predicted octanol–water partition coefficient (Wildman–Crippen LogP) is 5.73. The zero-order chi connectivity index (χ0) is 17.3. The quantitative estimate of drug-likeness (QED) is 0.590. The van der Waals surface area contributed by atoms with E-state index in [1.165, 1.54) is 22.7 Å². The number of carbonyl (C=O) groups excluding carboxylic acids is 1. The van der Waals surface area contributed by atoms with Crippen LogP contribution >= 0.6 is 45.9 Å². The van der Waals surface area contributed by atoms with Crippen LogP contribution in [-0.2, 0) is 0 Å². The molecule has 0 spiro atoms. The van der Waals surface area contributed by atoms with Crippen molar-refractivity contribution in [3.63, 3.8) is 0 Å². The monoisotopic (exact) mass is 397 g/mol. The molecular weight excluding hydrogens is 389 g/mol. The molecule has 3 aromatic rings. The highest BCUT2D eigenvalue weighted by atomic mass is 35.5. The Morgan fingerprint density at radius 3 is 2.50 bits per heavy atom. The topological polar surface area (TPSA) is 66.4 Å². The third-order valence-corrected chi connectivity index (χ3v) is 5.67. The fraction of sp³-hybridized carbons (Fsp3) is 0. The summed E-state index contributed by atoms with van der Waals surface area (Å²) >= 11 is 14.5. The van der Waals surface area contributed by atoms with Gasteiger partial charge in [0.2, 0.25) is 0 Å². The Balaban J connectivity index is 2.00. The summed E-state index contributed by atoms with van der Waals surface area (Å²) in [5, 5.41) is 18.0. The normalized spacial score (nSPS) is 10.6. The van der Waals surface area contributed by atoms with Crippen molar-refractivity contribution in [2.45, 2.75) is 0 Å². The molecule has 2 N–H and O–H groups in total. The van der Waals surface area contributed by atoms with Crippen molar-refractivity contribution in [1.29, 1.82) is 0 Å². The number of hydrogen-bond acceptors (Lipinski definition) is 4. The number of aromatic carboxylic acids is 1. The molecule has 2 aromatic heterocycles. The van der Waals surface area contributed by atoms with E-state index in [9.17, 15) is 14.7 Å². The SMILES string of the molecule is O=C(Nc1csc(-c2ccc(Cl)c(Cl)c2)c1C(=O)O)c1ccsc1. The molecule has 2 heterocycles. The summed E-state index contributed by atoms with van der Waals surface area (Å²) in [6, 6.07) is 6.57. The molecule has 0 fully saturated rings. The number of nitrogens with one attached hydrogen (secondary N) is 1. The van der Waals surface area contributed by atoms with Gasteiger partial charge in [0, 0.05) is 10.8 Å². The molecule has 8 heteroatoms. The Bertz CT molecular complexity index is 920. The number of carbonyl (C=O) groups is 2. The van der Waals surface area contributed by atoms with Crippen molar-refractivity contribution < 1.29 is 14.7 Å². The molecule has 0 aliphatic heterocycles. The highest BCUT2D eigenvalue weighted by Gasteiger charge is 2.22. The largest absolute Gasteiger partial charge is 0.478 e. The Morgan fingerprint density at radius 2 is 1.88 bits per heavy atom. The number of carboxylic acid groups (broad SMARTS) is 1. The number of halogens is 2. The van der Waals surface area contributed by atoms with Crippen LogP contribution in [0.25, 0.3) is 10.4 Å². The molecule has 0 radical (unpaired) electrons. The molecule has 122 valence electrons. The predicted molar refractivity (Wildman–Crippen MR) is 99.0 cm³/mol. The first-order valence-corrected chi connectivity index (χ1v) is 9.19. The lowest BCUT2D eigenvalue weighted by Gasteiger charge is -2.06. The van der Waals surface area contributed by atoms with Gasteiger partial charge in [-0.1, -0.05) is 29.3 Å². The number of hydrogen-bond donors (Lipinski definition) is 2. The number of anilines is 1. The van der Waals surface area contributed by atoms with Crippen LogP contribution in [0.1, 0.15) is 20.7 Å². The molecule has 3 rings (SSSR count). The van der Waals surface area contributed by atoms with E-state index in [0.29, 0.717) is 26.0 Å². The average Bonchev–Trinajstić information content (AvgIpc) is 3.19. The average molecular weight is 398 g/mol. The van der Waals surface area contributed by atoms with Crippen LogP contribution in [0.3, 0.4) is 0 Å². The third-order valence-electron chi connectivity index (χ3n) is 3.22. The van der Waals surface area contributed by atoms with Gasteiger partial charge in [-0.25, -0.2) is 4.79 Å². The second kappa shape index (κ2) is 6.94. The maximum atomic E-state index is 12.2. The van der Waals surface area contributed by atoms with Gasteiger partial charge >= 0.3 is 5.97 Å². The molecule has 0 unspecified atom stereocenters. The van der Waals surface area contributed by atoms with Gasteiger partial charge in [0.1, 0.15) is 5.56 Å². The zero-order valence-electron chi connectivity index (χ0n) is 11.9. The van der Waals surface area contributed by atoms with Gasteiger partial charge in [-0.3, -0.25) is 4.79 Å². The van der Waals surface area contributed by atoms with Crippen LogP contribution in [-0.4, -0.2) is 17.0 Å². The minimum Gasteiger partial charge on any atom is -0.478 e. The van der Waals surface area contributed by atoms with Crippen molar-refractivity contribution >= 4 is 63.4 Å². The summed E-state index contributed by atoms with van der Waals surface area (Å²) in [6.07, 6.45) is 0. The molecule has 0 atom stereocenters. The van der Waals surface area contributed by atoms with E-state index in [0.717, 1.165) is 0 Å². The molecule has 0 saturated heterocycles. The van der Waals surface area contributed by atoms with Gasteiger partial charge in [0.15, 0.2) is 0 Å². The Kier molecular flexibility index (Phi) is 4.91. The Labute approximate surface area is 155 Å². The standard InChI is InChI=1S/C16H9Cl2NO3S2/c17-10-2-1-8(5-11(10)18)14-13(16(21)22)12(7-24-14)19-15(20)9-3-4-23-6-9/h1-7H,(H,19,20)(H,21,22). The van der Waals surface area contributed by atoms with E-state index < -0.39 is 5.97 Å². The summed E-state index contributed by atoms with van der Waals surface area (Å²) in [6.45, 7) is 0. The van der Waals surface area contributed by atoms with Gasteiger partial charge in [-0.2, -0.15) is 11.3 Å². The van der Waals surface area contributed by atoms with Gasteiger partial charge in [0.05, 0.1) is 26.2 Å². The number of rotatable bonds is 4. The molecule has 0 aliphatic carbocycles.